The lowest BCUT2D eigenvalue weighted by Gasteiger charge is -2.12. The van der Waals surface area contributed by atoms with Crippen molar-refractivity contribution < 1.29 is 17.9 Å². The van der Waals surface area contributed by atoms with Crippen molar-refractivity contribution in [1.82, 2.24) is 0 Å². The van der Waals surface area contributed by atoms with Crippen molar-refractivity contribution in [3.8, 4) is 11.5 Å². The lowest BCUT2D eigenvalue weighted by Crippen LogP contribution is -2.14. The maximum Gasteiger partial charge on any atom is 0.261 e. The van der Waals surface area contributed by atoms with Gasteiger partial charge in [0.2, 0.25) is 0 Å². The highest BCUT2D eigenvalue weighted by Crippen LogP contribution is 2.27. The van der Waals surface area contributed by atoms with E-state index in [1.807, 2.05) is 0 Å². The van der Waals surface area contributed by atoms with Gasteiger partial charge in [-0.1, -0.05) is 0 Å². The predicted octanol–water partition coefficient (Wildman–Crippen LogP) is 2.09. The quantitative estimate of drug-likeness (QED) is 0.825. The summed E-state index contributed by atoms with van der Waals surface area (Å²) in [5.41, 5.74) is 6.35. The Hall–Kier alpha value is -2.41. The Bertz CT molecular complexity index is 727. The van der Waals surface area contributed by atoms with Gasteiger partial charge < -0.3 is 15.2 Å². The number of sulfonamides is 1. The van der Waals surface area contributed by atoms with Gasteiger partial charge in [0, 0.05) is 6.07 Å². The van der Waals surface area contributed by atoms with E-state index < -0.39 is 10.0 Å². The summed E-state index contributed by atoms with van der Waals surface area (Å²) in [5.74, 6) is 1.09. The number of anilines is 2. The Morgan fingerprint density at radius 2 is 1.52 bits per heavy atom. The number of hydrogen-bond donors (Lipinski definition) is 2. The molecule has 2 rings (SSSR count). The largest absolute Gasteiger partial charge is 0.497 e. The number of hydrogen-bond acceptors (Lipinski definition) is 5. The predicted molar refractivity (Wildman–Crippen MR) is 81.2 cm³/mol. The molecule has 0 spiro atoms. The minimum atomic E-state index is -3.73. The van der Waals surface area contributed by atoms with Crippen LogP contribution in [0, 0.1) is 0 Å². The molecule has 112 valence electrons. The van der Waals surface area contributed by atoms with Crippen LogP contribution in [0.5, 0.6) is 11.5 Å². The van der Waals surface area contributed by atoms with E-state index in [-0.39, 0.29) is 10.6 Å². The zero-order chi connectivity index (χ0) is 15.5. The number of ether oxygens (including phenoxy) is 2. The molecule has 3 N–H and O–H groups in total. The Morgan fingerprint density at radius 1 is 0.952 bits per heavy atom. The van der Waals surface area contributed by atoms with Crippen molar-refractivity contribution in [3.63, 3.8) is 0 Å². The minimum Gasteiger partial charge on any atom is -0.497 e. The fraction of sp³-hybridized carbons (Fsp3) is 0.143. The number of methoxy groups -OCH3 is 2. The summed E-state index contributed by atoms with van der Waals surface area (Å²) in [7, 11) is -0.721. The molecule has 2 aromatic rings. The molecule has 7 heteroatoms. The van der Waals surface area contributed by atoms with Crippen molar-refractivity contribution in [2.45, 2.75) is 4.90 Å². The molecule has 0 radical (unpaired) electrons. The van der Waals surface area contributed by atoms with Gasteiger partial charge in [-0.2, -0.15) is 0 Å². The van der Waals surface area contributed by atoms with Crippen molar-refractivity contribution in [2.24, 2.45) is 0 Å². The van der Waals surface area contributed by atoms with E-state index in [1.54, 1.807) is 24.3 Å². The molecule has 0 aliphatic carbocycles. The zero-order valence-electron chi connectivity index (χ0n) is 11.7. The third-order valence-electron chi connectivity index (χ3n) is 2.87. The number of nitrogens with one attached hydrogen (secondary N) is 1. The van der Waals surface area contributed by atoms with Gasteiger partial charge in [0.25, 0.3) is 10.0 Å². The van der Waals surface area contributed by atoms with E-state index in [9.17, 15) is 8.42 Å². The van der Waals surface area contributed by atoms with Crippen LogP contribution in [0.3, 0.4) is 0 Å². The molecule has 2 aromatic carbocycles. The lowest BCUT2D eigenvalue weighted by molar-refractivity contribution is 0.414. The number of benzene rings is 2. The molecular formula is C14H16N2O4S. The van der Waals surface area contributed by atoms with Gasteiger partial charge in [0.1, 0.15) is 11.5 Å². The van der Waals surface area contributed by atoms with E-state index in [4.69, 9.17) is 15.2 Å². The third kappa shape index (κ3) is 3.38. The van der Waals surface area contributed by atoms with E-state index >= 15 is 0 Å². The molecule has 0 heterocycles. The maximum absolute atomic E-state index is 12.3. The van der Waals surface area contributed by atoms with Crippen LogP contribution < -0.4 is 19.9 Å². The molecule has 0 atom stereocenters. The normalized spacial score (nSPS) is 11.0. The molecular weight excluding hydrogens is 292 g/mol. The summed E-state index contributed by atoms with van der Waals surface area (Å²) in [4.78, 5) is 0.116. The number of rotatable bonds is 5. The van der Waals surface area contributed by atoms with Gasteiger partial charge in [-0.3, -0.25) is 4.72 Å². The Morgan fingerprint density at radius 3 is 2.10 bits per heavy atom. The second-order valence-electron chi connectivity index (χ2n) is 4.23. The fourth-order valence-electron chi connectivity index (χ4n) is 1.71. The van der Waals surface area contributed by atoms with Gasteiger partial charge in [-0.15, -0.1) is 0 Å². The molecule has 21 heavy (non-hydrogen) atoms. The molecule has 0 aliphatic rings. The highest BCUT2D eigenvalue weighted by Gasteiger charge is 2.16. The van der Waals surface area contributed by atoms with E-state index in [2.05, 4.69) is 4.72 Å². The summed E-state index contributed by atoms with van der Waals surface area (Å²) in [5, 5.41) is 0. The SMILES string of the molecule is COc1ccc(S(=O)(=O)Nc2cc(OC)ccc2N)cc1. The van der Waals surface area contributed by atoms with E-state index in [0.29, 0.717) is 17.2 Å². The van der Waals surface area contributed by atoms with Gasteiger partial charge in [0.15, 0.2) is 0 Å². The highest BCUT2D eigenvalue weighted by atomic mass is 32.2. The first-order valence-corrected chi connectivity index (χ1v) is 7.55. The van der Waals surface area contributed by atoms with Gasteiger partial charge >= 0.3 is 0 Å². The van der Waals surface area contributed by atoms with Crippen molar-refractivity contribution in [3.05, 3.63) is 42.5 Å². The van der Waals surface area contributed by atoms with Crippen LogP contribution in [0.15, 0.2) is 47.4 Å². The molecule has 0 bridgehead atoms. The molecule has 0 saturated carbocycles. The summed E-state index contributed by atoms with van der Waals surface area (Å²) in [6, 6.07) is 10.8. The molecule has 0 fully saturated rings. The fourth-order valence-corrected chi connectivity index (χ4v) is 2.79. The molecule has 0 unspecified atom stereocenters. The zero-order valence-corrected chi connectivity index (χ0v) is 12.5. The first-order chi connectivity index (χ1) is 9.96. The lowest BCUT2D eigenvalue weighted by atomic mass is 10.2. The average molecular weight is 308 g/mol. The van der Waals surface area contributed by atoms with Crippen LogP contribution in [0.25, 0.3) is 0 Å². The van der Waals surface area contributed by atoms with Crippen LogP contribution in [0.2, 0.25) is 0 Å². The smallest absolute Gasteiger partial charge is 0.261 e. The monoisotopic (exact) mass is 308 g/mol. The van der Waals surface area contributed by atoms with E-state index in [0.717, 1.165) is 0 Å². The average Bonchev–Trinajstić information content (AvgIpc) is 2.49. The Kier molecular flexibility index (Phi) is 4.23. The summed E-state index contributed by atoms with van der Waals surface area (Å²) in [6.07, 6.45) is 0. The van der Waals surface area contributed by atoms with Crippen LogP contribution in [-0.2, 0) is 10.0 Å². The Labute approximate surface area is 123 Å². The first-order valence-electron chi connectivity index (χ1n) is 6.06. The summed E-state index contributed by atoms with van der Waals surface area (Å²) in [6.45, 7) is 0. The standard InChI is InChI=1S/C14H16N2O4S/c1-19-10-3-6-12(7-4-10)21(17,18)16-14-9-11(20-2)5-8-13(14)15/h3-9,16H,15H2,1-2H3. The maximum atomic E-state index is 12.3. The molecule has 0 saturated heterocycles. The summed E-state index contributed by atoms with van der Waals surface area (Å²) >= 11 is 0. The summed E-state index contributed by atoms with van der Waals surface area (Å²) < 4.78 is 37.1. The molecule has 0 aliphatic heterocycles. The van der Waals surface area contributed by atoms with Gasteiger partial charge in [-0.05, 0) is 36.4 Å². The van der Waals surface area contributed by atoms with Gasteiger partial charge in [0.05, 0.1) is 30.5 Å². The molecule has 6 nitrogen and oxygen atoms in total. The van der Waals surface area contributed by atoms with Crippen molar-refractivity contribution in [2.75, 3.05) is 24.7 Å². The number of nitrogens with two attached hydrogens (primary N) is 1. The molecule has 0 aromatic heterocycles. The number of nitrogen functional groups attached to an aromatic ring is 1. The second-order valence-corrected chi connectivity index (χ2v) is 5.92. The van der Waals surface area contributed by atoms with Crippen LogP contribution in [-0.4, -0.2) is 22.6 Å². The topological polar surface area (TPSA) is 90.7 Å². The minimum absolute atomic E-state index is 0.116. The van der Waals surface area contributed by atoms with Crippen molar-refractivity contribution in [1.29, 1.82) is 0 Å². The van der Waals surface area contributed by atoms with Crippen molar-refractivity contribution >= 4 is 21.4 Å². The molecule has 0 amide bonds. The second kappa shape index (κ2) is 5.92. The van der Waals surface area contributed by atoms with Crippen LogP contribution in [0.1, 0.15) is 0 Å². The van der Waals surface area contributed by atoms with E-state index in [1.165, 1.54) is 32.4 Å². The van der Waals surface area contributed by atoms with Crippen LogP contribution in [0.4, 0.5) is 11.4 Å². The third-order valence-corrected chi connectivity index (χ3v) is 4.26. The highest BCUT2D eigenvalue weighted by molar-refractivity contribution is 7.92. The Balaban J connectivity index is 2.32. The van der Waals surface area contributed by atoms with Crippen LogP contribution >= 0.6 is 0 Å². The first kappa shape index (κ1) is 15.0. The van der Waals surface area contributed by atoms with Gasteiger partial charge in [-0.25, -0.2) is 8.42 Å².